The Balaban J connectivity index is 0.00000338. The van der Waals surface area contributed by atoms with Gasteiger partial charge in [0.2, 0.25) is 10.0 Å². The summed E-state index contributed by atoms with van der Waals surface area (Å²) in [6.45, 7) is 6.71. The van der Waals surface area contributed by atoms with E-state index in [9.17, 15) is 13.2 Å². The third-order valence-corrected chi connectivity index (χ3v) is 7.24. The molecule has 2 atom stereocenters. The Bertz CT molecular complexity index is 720. The Kier molecular flexibility index (Phi) is 8.53. The molecule has 3 N–H and O–H groups in total. The minimum Gasteiger partial charge on any atom is -0.349 e. The molecule has 1 aliphatic carbocycles. The lowest BCUT2D eigenvalue weighted by Crippen LogP contribution is -2.40. The summed E-state index contributed by atoms with van der Waals surface area (Å²) in [4.78, 5) is 12.8. The van der Waals surface area contributed by atoms with E-state index in [1.165, 1.54) is 10.4 Å². The predicted molar refractivity (Wildman–Crippen MR) is 106 cm³/mol. The van der Waals surface area contributed by atoms with E-state index in [0.29, 0.717) is 36.7 Å². The van der Waals surface area contributed by atoms with E-state index in [2.05, 4.69) is 5.32 Å². The zero-order valence-corrected chi connectivity index (χ0v) is 17.3. The molecule has 26 heavy (non-hydrogen) atoms. The Hall–Kier alpha value is -1.15. The Morgan fingerprint density at radius 3 is 2.50 bits per heavy atom. The van der Waals surface area contributed by atoms with Crippen molar-refractivity contribution in [3.05, 3.63) is 29.3 Å². The standard InChI is InChI=1S/C18H29N3O3S.ClH/c1-4-21(5-2)25(23,24)17-11-14(10-9-13(17)3)18(22)20-16-8-6-7-15(16)12-19;/h9-11,15-16H,4-8,12,19H2,1-3H3,(H,20,22);1H. The summed E-state index contributed by atoms with van der Waals surface area (Å²) >= 11 is 0. The minimum absolute atomic E-state index is 0. The molecule has 148 valence electrons. The minimum atomic E-state index is -3.60. The van der Waals surface area contributed by atoms with Crippen molar-refractivity contribution in [1.82, 2.24) is 9.62 Å². The number of nitrogens with zero attached hydrogens (tertiary/aromatic N) is 1. The van der Waals surface area contributed by atoms with E-state index in [0.717, 1.165) is 19.3 Å². The average Bonchev–Trinajstić information content (AvgIpc) is 3.03. The first-order chi connectivity index (χ1) is 11.8. The van der Waals surface area contributed by atoms with Crippen LogP contribution in [0, 0.1) is 12.8 Å². The molecule has 0 radical (unpaired) electrons. The van der Waals surface area contributed by atoms with Gasteiger partial charge in [-0.3, -0.25) is 4.79 Å². The SMILES string of the molecule is CCN(CC)S(=O)(=O)c1cc(C(=O)NC2CCCC2CN)ccc1C.Cl. The van der Waals surface area contributed by atoms with Gasteiger partial charge in [0, 0.05) is 24.7 Å². The van der Waals surface area contributed by atoms with Crippen LogP contribution in [-0.2, 0) is 10.0 Å². The second-order valence-electron chi connectivity index (χ2n) is 6.58. The molecule has 0 aromatic heterocycles. The highest BCUT2D eigenvalue weighted by Crippen LogP contribution is 2.26. The lowest BCUT2D eigenvalue weighted by molar-refractivity contribution is 0.0928. The predicted octanol–water partition coefficient (Wildman–Crippen LogP) is 2.30. The number of hydrogen-bond donors (Lipinski definition) is 2. The third kappa shape index (κ3) is 4.76. The number of carbonyl (C=O) groups excluding carboxylic acids is 1. The number of hydrogen-bond acceptors (Lipinski definition) is 4. The molecule has 0 saturated heterocycles. The van der Waals surface area contributed by atoms with E-state index >= 15 is 0 Å². The second-order valence-corrected chi connectivity index (χ2v) is 8.48. The topological polar surface area (TPSA) is 92.5 Å². The Morgan fingerprint density at radius 2 is 1.92 bits per heavy atom. The summed E-state index contributed by atoms with van der Waals surface area (Å²) in [7, 11) is -3.60. The van der Waals surface area contributed by atoms with Gasteiger partial charge in [-0.05, 0) is 49.9 Å². The first-order valence-electron chi connectivity index (χ1n) is 8.96. The molecule has 1 saturated carbocycles. The van der Waals surface area contributed by atoms with Gasteiger partial charge < -0.3 is 11.1 Å². The highest BCUT2D eigenvalue weighted by molar-refractivity contribution is 7.89. The van der Waals surface area contributed by atoms with Crippen LogP contribution < -0.4 is 11.1 Å². The summed E-state index contributed by atoms with van der Waals surface area (Å²) < 4.78 is 27.0. The highest BCUT2D eigenvalue weighted by Gasteiger charge is 2.29. The van der Waals surface area contributed by atoms with Crippen molar-refractivity contribution in [2.45, 2.75) is 51.0 Å². The van der Waals surface area contributed by atoms with Crippen molar-refractivity contribution in [2.24, 2.45) is 11.7 Å². The molecule has 0 aliphatic heterocycles. The molecule has 1 aromatic rings. The number of nitrogens with two attached hydrogens (primary N) is 1. The van der Waals surface area contributed by atoms with Crippen molar-refractivity contribution in [2.75, 3.05) is 19.6 Å². The van der Waals surface area contributed by atoms with Crippen LogP contribution in [0.25, 0.3) is 0 Å². The number of benzene rings is 1. The molecule has 1 aromatic carbocycles. The van der Waals surface area contributed by atoms with Crippen molar-refractivity contribution < 1.29 is 13.2 Å². The van der Waals surface area contributed by atoms with E-state index in [4.69, 9.17) is 5.73 Å². The first kappa shape index (κ1) is 22.9. The summed E-state index contributed by atoms with van der Waals surface area (Å²) in [5, 5.41) is 3.02. The maximum absolute atomic E-state index is 12.8. The summed E-state index contributed by atoms with van der Waals surface area (Å²) in [6.07, 6.45) is 3.00. The molecular weight excluding hydrogens is 374 g/mol. The second kappa shape index (κ2) is 9.69. The van der Waals surface area contributed by atoms with Gasteiger partial charge in [-0.2, -0.15) is 4.31 Å². The van der Waals surface area contributed by atoms with Crippen LogP contribution in [0.2, 0.25) is 0 Å². The third-order valence-electron chi connectivity index (χ3n) is 5.05. The van der Waals surface area contributed by atoms with Gasteiger partial charge in [-0.1, -0.05) is 26.3 Å². The maximum atomic E-state index is 12.8. The van der Waals surface area contributed by atoms with Crippen LogP contribution in [-0.4, -0.2) is 44.3 Å². The molecule has 1 fully saturated rings. The summed E-state index contributed by atoms with van der Waals surface area (Å²) in [5.74, 6) is 0.0645. The van der Waals surface area contributed by atoms with E-state index in [1.54, 1.807) is 32.9 Å². The summed E-state index contributed by atoms with van der Waals surface area (Å²) in [5.41, 5.74) is 6.78. The molecule has 0 heterocycles. The van der Waals surface area contributed by atoms with Crippen molar-refractivity contribution in [1.29, 1.82) is 0 Å². The van der Waals surface area contributed by atoms with Crippen LogP contribution in [0.15, 0.2) is 23.1 Å². The highest BCUT2D eigenvalue weighted by atomic mass is 35.5. The first-order valence-corrected chi connectivity index (χ1v) is 10.4. The van der Waals surface area contributed by atoms with Crippen molar-refractivity contribution >= 4 is 28.3 Å². The van der Waals surface area contributed by atoms with E-state index in [-0.39, 0.29) is 29.3 Å². The van der Waals surface area contributed by atoms with Crippen LogP contribution >= 0.6 is 12.4 Å². The maximum Gasteiger partial charge on any atom is 0.251 e. The number of nitrogens with one attached hydrogen (secondary N) is 1. The average molecular weight is 404 g/mol. The largest absolute Gasteiger partial charge is 0.349 e. The van der Waals surface area contributed by atoms with Gasteiger partial charge in [-0.25, -0.2) is 8.42 Å². The molecule has 1 amide bonds. The fraction of sp³-hybridized carbons (Fsp3) is 0.611. The number of halogens is 1. The van der Waals surface area contributed by atoms with Gasteiger partial charge in [-0.15, -0.1) is 12.4 Å². The van der Waals surface area contributed by atoms with Crippen LogP contribution in [0.1, 0.15) is 49.0 Å². The van der Waals surface area contributed by atoms with Gasteiger partial charge in [0.15, 0.2) is 0 Å². The van der Waals surface area contributed by atoms with E-state index in [1.807, 2.05) is 0 Å². The molecule has 0 spiro atoms. The molecule has 8 heteroatoms. The van der Waals surface area contributed by atoms with Crippen LogP contribution in [0.5, 0.6) is 0 Å². The van der Waals surface area contributed by atoms with Gasteiger partial charge in [0.25, 0.3) is 5.91 Å². The zero-order valence-electron chi connectivity index (χ0n) is 15.7. The van der Waals surface area contributed by atoms with E-state index < -0.39 is 10.0 Å². The smallest absolute Gasteiger partial charge is 0.251 e. The molecule has 2 rings (SSSR count). The number of amides is 1. The van der Waals surface area contributed by atoms with Crippen molar-refractivity contribution in [3.8, 4) is 0 Å². The Labute approximate surface area is 163 Å². The zero-order chi connectivity index (χ0) is 18.6. The van der Waals surface area contributed by atoms with Crippen molar-refractivity contribution in [3.63, 3.8) is 0 Å². The molecule has 6 nitrogen and oxygen atoms in total. The van der Waals surface area contributed by atoms with Gasteiger partial charge in [0.1, 0.15) is 0 Å². The molecule has 1 aliphatic rings. The van der Waals surface area contributed by atoms with Crippen LogP contribution in [0.3, 0.4) is 0 Å². The number of aryl methyl sites for hydroxylation is 1. The fourth-order valence-electron chi connectivity index (χ4n) is 3.48. The van der Waals surface area contributed by atoms with Gasteiger partial charge in [0.05, 0.1) is 4.90 Å². The normalized spacial score (nSPS) is 20.0. The molecule has 0 bridgehead atoms. The van der Waals surface area contributed by atoms with Gasteiger partial charge >= 0.3 is 0 Å². The molecule has 2 unspecified atom stereocenters. The monoisotopic (exact) mass is 403 g/mol. The molecular formula is C18H30ClN3O3S. The summed E-state index contributed by atoms with van der Waals surface area (Å²) in [6, 6.07) is 4.94. The number of carbonyl (C=O) groups is 1. The quantitative estimate of drug-likeness (QED) is 0.730. The number of sulfonamides is 1. The lowest BCUT2D eigenvalue weighted by Gasteiger charge is -2.21. The van der Waals surface area contributed by atoms with Crippen LogP contribution in [0.4, 0.5) is 0 Å². The fourth-order valence-corrected chi connectivity index (χ4v) is 5.19. The lowest BCUT2D eigenvalue weighted by atomic mass is 10.0. The Morgan fingerprint density at radius 1 is 1.27 bits per heavy atom. The number of rotatable bonds is 7.